The lowest BCUT2D eigenvalue weighted by molar-refractivity contribution is 0.683. The van der Waals surface area contributed by atoms with Gasteiger partial charge in [0, 0.05) is 11.7 Å². The lowest BCUT2D eigenvalue weighted by Gasteiger charge is -2.13. The van der Waals surface area contributed by atoms with Gasteiger partial charge in [-0.15, -0.1) is 0 Å². The molecule has 1 atom stereocenters. The molecule has 16 heavy (non-hydrogen) atoms. The molecule has 1 aromatic rings. The Morgan fingerprint density at radius 2 is 2.25 bits per heavy atom. The lowest BCUT2D eigenvalue weighted by Crippen LogP contribution is -2.19. The molecule has 0 aliphatic carbocycles. The molecule has 0 amide bonds. The molecule has 0 aliphatic rings. The van der Waals surface area contributed by atoms with Gasteiger partial charge in [-0.3, -0.25) is 0 Å². The molecule has 0 aromatic carbocycles. The van der Waals surface area contributed by atoms with Crippen molar-refractivity contribution in [3.05, 3.63) is 17.5 Å². The predicted octanol–water partition coefficient (Wildman–Crippen LogP) is 2.02. The fourth-order valence-corrected chi connectivity index (χ4v) is 1.59. The van der Waals surface area contributed by atoms with Crippen LogP contribution in [0.4, 0.5) is 5.95 Å². The Morgan fingerprint density at radius 3 is 2.81 bits per heavy atom. The van der Waals surface area contributed by atoms with Gasteiger partial charge in [-0.05, 0) is 26.3 Å². The molecule has 0 radical (unpaired) electrons. The Balaban J connectivity index is 2.84. The molecule has 3 N–H and O–H groups in total. The van der Waals surface area contributed by atoms with Gasteiger partial charge in [0.1, 0.15) is 10.7 Å². The predicted molar refractivity (Wildman–Crippen MR) is 70.6 cm³/mol. The van der Waals surface area contributed by atoms with Crippen LogP contribution in [0.3, 0.4) is 0 Å². The van der Waals surface area contributed by atoms with Gasteiger partial charge in [-0.1, -0.05) is 25.6 Å². The van der Waals surface area contributed by atoms with Crippen molar-refractivity contribution in [2.75, 3.05) is 5.32 Å². The second-order valence-electron chi connectivity index (χ2n) is 3.92. The number of hydrogen-bond donors (Lipinski definition) is 2. The zero-order chi connectivity index (χ0) is 12.1. The molecule has 0 saturated carbocycles. The minimum atomic E-state index is 0.302. The first-order valence-corrected chi connectivity index (χ1v) is 5.85. The number of nitrogens with zero attached hydrogens (tertiary/aromatic N) is 2. The summed E-state index contributed by atoms with van der Waals surface area (Å²) in [6.45, 7) is 6.16. The molecule has 5 heteroatoms. The molecule has 4 nitrogen and oxygen atoms in total. The summed E-state index contributed by atoms with van der Waals surface area (Å²) in [5.74, 6) is 0.601. The Kier molecular flexibility index (Phi) is 4.61. The van der Waals surface area contributed by atoms with Crippen LogP contribution in [0.5, 0.6) is 0 Å². The summed E-state index contributed by atoms with van der Waals surface area (Å²) in [4.78, 5) is 8.87. The number of nitrogens with two attached hydrogens (primary N) is 1. The van der Waals surface area contributed by atoms with Crippen LogP contribution in [0.15, 0.2) is 6.07 Å². The molecule has 0 fully saturated rings. The van der Waals surface area contributed by atoms with Crippen LogP contribution < -0.4 is 11.1 Å². The maximum absolute atomic E-state index is 5.55. The Hall–Kier alpha value is -1.23. The summed E-state index contributed by atoms with van der Waals surface area (Å²) < 4.78 is 0. The summed E-state index contributed by atoms with van der Waals surface area (Å²) in [6.07, 6.45) is 2.21. The normalized spacial score (nSPS) is 12.2. The summed E-state index contributed by atoms with van der Waals surface area (Å²) in [7, 11) is 0. The zero-order valence-corrected chi connectivity index (χ0v) is 10.8. The number of anilines is 1. The zero-order valence-electron chi connectivity index (χ0n) is 9.95. The summed E-state index contributed by atoms with van der Waals surface area (Å²) >= 11 is 4.91. The van der Waals surface area contributed by atoms with E-state index in [1.54, 1.807) is 6.07 Å². The van der Waals surface area contributed by atoms with Crippen molar-refractivity contribution in [1.82, 2.24) is 9.97 Å². The Morgan fingerprint density at radius 1 is 1.56 bits per heavy atom. The number of thiocarbonyl (C=S) groups is 1. The first kappa shape index (κ1) is 12.8. The van der Waals surface area contributed by atoms with Crippen molar-refractivity contribution in [3.63, 3.8) is 0 Å². The molecule has 0 saturated heterocycles. The monoisotopic (exact) mass is 238 g/mol. The van der Waals surface area contributed by atoms with E-state index in [9.17, 15) is 0 Å². The van der Waals surface area contributed by atoms with Crippen LogP contribution in [0.1, 0.15) is 38.1 Å². The van der Waals surface area contributed by atoms with Gasteiger partial charge in [0.05, 0.1) is 0 Å². The second-order valence-corrected chi connectivity index (χ2v) is 4.36. The van der Waals surface area contributed by atoms with Gasteiger partial charge in [0.15, 0.2) is 0 Å². The maximum atomic E-state index is 5.55. The van der Waals surface area contributed by atoms with Crippen LogP contribution in [0.25, 0.3) is 0 Å². The highest BCUT2D eigenvalue weighted by Crippen LogP contribution is 2.08. The van der Waals surface area contributed by atoms with E-state index in [-0.39, 0.29) is 0 Å². The van der Waals surface area contributed by atoms with Crippen molar-refractivity contribution in [2.24, 2.45) is 5.73 Å². The van der Waals surface area contributed by atoms with Crippen LogP contribution in [0.2, 0.25) is 0 Å². The minimum absolute atomic E-state index is 0.302. The SMILES string of the molecule is CCCC(C)Nc1nc(C)cc(C(N)=S)n1. The van der Waals surface area contributed by atoms with E-state index in [2.05, 4.69) is 29.1 Å². The summed E-state index contributed by atoms with van der Waals surface area (Å²) in [6, 6.07) is 2.14. The van der Waals surface area contributed by atoms with Crippen LogP contribution in [0, 0.1) is 6.92 Å². The molecule has 1 aromatic heterocycles. The molecule has 0 spiro atoms. The first-order chi connectivity index (χ1) is 7.52. The van der Waals surface area contributed by atoms with Gasteiger partial charge in [0.25, 0.3) is 0 Å². The van der Waals surface area contributed by atoms with E-state index in [0.29, 0.717) is 22.7 Å². The first-order valence-electron chi connectivity index (χ1n) is 5.45. The standard InChI is InChI=1S/C11H18N4S/c1-4-5-7(2)13-11-14-8(3)6-9(15-11)10(12)16/h6-7H,4-5H2,1-3H3,(H2,12,16)(H,13,14,15). The summed E-state index contributed by atoms with van der Waals surface area (Å²) in [5, 5.41) is 3.24. The topological polar surface area (TPSA) is 63.8 Å². The maximum Gasteiger partial charge on any atom is 0.223 e. The van der Waals surface area contributed by atoms with Gasteiger partial charge < -0.3 is 11.1 Å². The third kappa shape index (κ3) is 3.73. The highest BCUT2D eigenvalue weighted by molar-refractivity contribution is 7.80. The van der Waals surface area contributed by atoms with E-state index in [1.807, 2.05) is 6.92 Å². The molecule has 88 valence electrons. The van der Waals surface area contributed by atoms with Gasteiger partial charge in [0.2, 0.25) is 5.95 Å². The van der Waals surface area contributed by atoms with Crippen molar-refractivity contribution in [1.29, 1.82) is 0 Å². The Bertz CT molecular complexity index is 378. The smallest absolute Gasteiger partial charge is 0.223 e. The Labute approximate surface area is 102 Å². The van der Waals surface area contributed by atoms with Gasteiger partial charge in [-0.2, -0.15) is 0 Å². The van der Waals surface area contributed by atoms with E-state index < -0.39 is 0 Å². The number of nitrogens with one attached hydrogen (secondary N) is 1. The molecular weight excluding hydrogens is 220 g/mol. The van der Waals surface area contributed by atoms with Crippen molar-refractivity contribution < 1.29 is 0 Å². The van der Waals surface area contributed by atoms with Crippen molar-refractivity contribution in [3.8, 4) is 0 Å². The highest BCUT2D eigenvalue weighted by Gasteiger charge is 2.06. The fraction of sp³-hybridized carbons (Fsp3) is 0.545. The fourth-order valence-electron chi connectivity index (χ4n) is 1.48. The largest absolute Gasteiger partial charge is 0.388 e. The number of aryl methyl sites for hydroxylation is 1. The lowest BCUT2D eigenvalue weighted by atomic mass is 10.2. The van der Waals surface area contributed by atoms with Crippen molar-refractivity contribution in [2.45, 2.75) is 39.7 Å². The summed E-state index contributed by atoms with van der Waals surface area (Å²) in [5.41, 5.74) is 7.04. The van der Waals surface area contributed by atoms with E-state index >= 15 is 0 Å². The third-order valence-electron chi connectivity index (χ3n) is 2.20. The van der Waals surface area contributed by atoms with Crippen molar-refractivity contribution >= 4 is 23.2 Å². The van der Waals surface area contributed by atoms with Crippen LogP contribution in [-0.2, 0) is 0 Å². The molecule has 0 bridgehead atoms. The van der Waals surface area contributed by atoms with Gasteiger partial charge >= 0.3 is 0 Å². The van der Waals surface area contributed by atoms with E-state index in [1.165, 1.54) is 0 Å². The van der Waals surface area contributed by atoms with E-state index in [4.69, 9.17) is 18.0 Å². The molecule has 1 rings (SSSR count). The quantitative estimate of drug-likeness (QED) is 0.768. The van der Waals surface area contributed by atoms with Crippen LogP contribution in [-0.4, -0.2) is 21.0 Å². The molecule has 1 heterocycles. The molecule has 0 aliphatic heterocycles. The highest BCUT2D eigenvalue weighted by atomic mass is 32.1. The number of rotatable bonds is 5. The number of aromatic nitrogens is 2. The second kappa shape index (κ2) is 5.75. The average Bonchev–Trinajstić information content (AvgIpc) is 2.16. The van der Waals surface area contributed by atoms with Gasteiger partial charge in [-0.25, -0.2) is 9.97 Å². The van der Waals surface area contributed by atoms with E-state index in [0.717, 1.165) is 18.5 Å². The molecular formula is C11H18N4S. The average molecular weight is 238 g/mol. The van der Waals surface area contributed by atoms with Crippen LogP contribution >= 0.6 is 12.2 Å². The minimum Gasteiger partial charge on any atom is -0.388 e. The number of hydrogen-bond acceptors (Lipinski definition) is 4. The molecule has 1 unspecified atom stereocenters. The third-order valence-corrected chi connectivity index (χ3v) is 2.41.